The molecule has 0 aromatic carbocycles. The molecule has 1 atom stereocenters. The lowest BCUT2D eigenvalue weighted by atomic mass is 10.2. The van der Waals surface area contributed by atoms with Crippen LogP contribution in [-0.2, 0) is 16.1 Å². The number of carboxylic acid groups (broad SMARTS) is 1. The summed E-state index contributed by atoms with van der Waals surface area (Å²) in [6.45, 7) is 4.31. The fourth-order valence-corrected chi connectivity index (χ4v) is 2.25. The molecular formula is C18H18F3N5O4. The standard InChI is InChI=1S/C16H17N5O2.C2HF3O2/c1-11(10-21-7-6-18-12(21)2)23-16(22)15-8-14(19-20-15)13-4-3-5-17-9-13;3-2(4,5)1(6)7/h3-9,11H,10H2,1-2H3,(H,19,20);(H,6,7). The van der Waals surface area contributed by atoms with Crippen LogP contribution in [0.1, 0.15) is 23.2 Å². The van der Waals surface area contributed by atoms with Gasteiger partial charge in [0.2, 0.25) is 0 Å². The summed E-state index contributed by atoms with van der Waals surface area (Å²) in [6, 6.07) is 5.36. The van der Waals surface area contributed by atoms with Crippen LogP contribution in [0.4, 0.5) is 13.2 Å². The number of carbonyl (C=O) groups excluding carboxylic acids is 1. The van der Waals surface area contributed by atoms with Gasteiger partial charge in [-0.25, -0.2) is 14.6 Å². The summed E-state index contributed by atoms with van der Waals surface area (Å²) in [5, 5.41) is 14.0. The molecule has 0 spiro atoms. The van der Waals surface area contributed by atoms with Gasteiger partial charge in [-0.3, -0.25) is 10.1 Å². The number of hydrogen-bond donors (Lipinski definition) is 2. The van der Waals surface area contributed by atoms with E-state index in [4.69, 9.17) is 14.6 Å². The van der Waals surface area contributed by atoms with Crippen LogP contribution in [0.15, 0.2) is 43.0 Å². The number of aromatic nitrogens is 5. The third kappa shape index (κ3) is 6.43. The van der Waals surface area contributed by atoms with Crippen molar-refractivity contribution in [2.75, 3.05) is 0 Å². The summed E-state index contributed by atoms with van der Waals surface area (Å²) in [5.74, 6) is -2.31. The summed E-state index contributed by atoms with van der Waals surface area (Å²) in [7, 11) is 0. The lowest BCUT2D eigenvalue weighted by Crippen LogP contribution is -2.21. The summed E-state index contributed by atoms with van der Waals surface area (Å²) in [5.41, 5.74) is 1.81. The Bertz CT molecular complexity index is 985. The number of carbonyl (C=O) groups is 2. The van der Waals surface area contributed by atoms with Crippen LogP contribution in [0, 0.1) is 6.92 Å². The lowest BCUT2D eigenvalue weighted by Gasteiger charge is -2.14. The van der Waals surface area contributed by atoms with E-state index < -0.39 is 18.1 Å². The molecular weight excluding hydrogens is 407 g/mol. The number of rotatable bonds is 5. The summed E-state index contributed by atoms with van der Waals surface area (Å²) in [4.78, 5) is 29.3. The van der Waals surface area contributed by atoms with Gasteiger partial charge in [-0.2, -0.15) is 18.3 Å². The molecule has 3 aromatic heterocycles. The minimum absolute atomic E-state index is 0.277. The maximum atomic E-state index is 12.2. The number of pyridine rings is 1. The van der Waals surface area contributed by atoms with Crippen LogP contribution in [0.2, 0.25) is 0 Å². The van der Waals surface area contributed by atoms with Crippen LogP contribution < -0.4 is 0 Å². The van der Waals surface area contributed by atoms with Crippen molar-refractivity contribution >= 4 is 11.9 Å². The van der Waals surface area contributed by atoms with Crippen molar-refractivity contribution in [2.45, 2.75) is 32.7 Å². The maximum Gasteiger partial charge on any atom is 0.490 e. The molecule has 30 heavy (non-hydrogen) atoms. The number of ether oxygens (including phenoxy) is 1. The van der Waals surface area contributed by atoms with E-state index in [0.29, 0.717) is 17.9 Å². The molecule has 3 rings (SSSR count). The molecule has 0 saturated heterocycles. The van der Waals surface area contributed by atoms with E-state index in [-0.39, 0.29) is 6.10 Å². The summed E-state index contributed by atoms with van der Waals surface area (Å²) < 4.78 is 39.1. The number of H-pyrrole nitrogens is 1. The van der Waals surface area contributed by atoms with Gasteiger partial charge < -0.3 is 14.4 Å². The Hall–Kier alpha value is -3.70. The highest BCUT2D eigenvalue weighted by Gasteiger charge is 2.38. The summed E-state index contributed by atoms with van der Waals surface area (Å²) in [6.07, 6.45) is 1.59. The van der Waals surface area contributed by atoms with Crippen molar-refractivity contribution < 1.29 is 32.6 Å². The van der Waals surface area contributed by atoms with Crippen LogP contribution in [0.5, 0.6) is 0 Å². The zero-order valence-corrected chi connectivity index (χ0v) is 15.9. The first kappa shape index (κ1) is 22.6. The SMILES string of the molecule is Cc1nccn1CC(C)OC(=O)c1cc(-c2cccnc2)n[nH]1.O=C(O)C(F)(F)F. The van der Waals surface area contributed by atoms with Gasteiger partial charge in [0.05, 0.1) is 12.2 Å². The van der Waals surface area contributed by atoms with E-state index in [9.17, 15) is 18.0 Å². The van der Waals surface area contributed by atoms with Gasteiger partial charge in [0.15, 0.2) is 0 Å². The normalized spacial score (nSPS) is 11.9. The molecule has 0 aliphatic heterocycles. The Morgan fingerprint density at radius 1 is 1.33 bits per heavy atom. The van der Waals surface area contributed by atoms with Crippen LogP contribution in [0.3, 0.4) is 0 Å². The number of hydrogen-bond acceptors (Lipinski definition) is 6. The number of imidazole rings is 1. The Morgan fingerprint density at radius 2 is 2.03 bits per heavy atom. The van der Waals surface area contributed by atoms with Crippen molar-refractivity contribution in [1.82, 2.24) is 24.7 Å². The predicted octanol–water partition coefficient (Wildman–Crippen LogP) is 2.86. The minimum Gasteiger partial charge on any atom is -0.475 e. The third-order valence-electron chi connectivity index (χ3n) is 3.68. The van der Waals surface area contributed by atoms with Gasteiger partial charge in [-0.1, -0.05) is 0 Å². The van der Waals surface area contributed by atoms with Gasteiger partial charge in [0.25, 0.3) is 0 Å². The number of esters is 1. The quantitative estimate of drug-likeness (QED) is 0.603. The third-order valence-corrected chi connectivity index (χ3v) is 3.68. The monoisotopic (exact) mass is 425 g/mol. The van der Waals surface area contributed by atoms with Gasteiger partial charge in [0, 0.05) is 30.4 Å². The lowest BCUT2D eigenvalue weighted by molar-refractivity contribution is -0.192. The fourth-order valence-electron chi connectivity index (χ4n) is 2.25. The van der Waals surface area contributed by atoms with Crippen LogP contribution in [-0.4, -0.2) is 54.1 Å². The Morgan fingerprint density at radius 3 is 2.57 bits per heavy atom. The molecule has 0 saturated carbocycles. The molecule has 1 unspecified atom stereocenters. The number of carboxylic acids is 1. The van der Waals surface area contributed by atoms with Gasteiger partial charge >= 0.3 is 18.1 Å². The average molecular weight is 425 g/mol. The molecule has 3 aromatic rings. The zero-order valence-electron chi connectivity index (χ0n) is 15.9. The van der Waals surface area contributed by atoms with E-state index in [0.717, 1.165) is 11.4 Å². The summed E-state index contributed by atoms with van der Waals surface area (Å²) >= 11 is 0. The van der Waals surface area contributed by atoms with Gasteiger partial charge in [-0.05, 0) is 32.0 Å². The minimum atomic E-state index is -5.08. The van der Waals surface area contributed by atoms with Crippen molar-refractivity contribution in [3.05, 3.63) is 54.5 Å². The first-order valence-electron chi connectivity index (χ1n) is 8.52. The predicted molar refractivity (Wildman–Crippen MR) is 97.4 cm³/mol. The molecule has 2 N–H and O–H groups in total. The number of aromatic amines is 1. The highest BCUT2D eigenvalue weighted by atomic mass is 19.4. The van der Waals surface area contributed by atoms with Crippen LogP contribution in [0.25, 0.3) is 11.3 Å². The molecule has 0 radical (unpaired) electrons. The molecule has 160 valence electrons. The molecule has 0 aliphatic rings. The highest BCUT2D eigenvalue weighted by molar-refractivity contribution is 5.88. The van der Waals surface area contributed by atoms with Gasteiger partial charge in [0.1, 0.15) is 17.6 Å². The Balaban J connectivity index is 0.000000396. The Kier molecular flexibility index (Phi) is 7.28. The molecule has 0 amide bonds. The first-order chi connectivity index (χ1) is 14.1. The number of alkyl halides is 3. The molecule has 12 heteroatoms. The number of aliphatic carboxylic acids is 1. The fraction of sp³-hybridized carbons (Fsp3) is 0.278. The van der Waals surface area contributed by atoms with Crippen molar-refractivity contribution in [2.24, 2.45) is 0 Å². The van der Waals surface area contributed by atoms with E-state index in [1.54, 1.807) is 24.7 Å². The van der Waals surface area contributed by atoms with E-state index in [2.05, 4.69) is 20.2 Å². The topological polar surface area (TPSA) is 123 Å². The van der Waals surface area contributed by atoms with Crippen LogP contribution >= 0.6 is 0 Å². The zero-order chi connectivity index (χ0) is 22.3. The molecule has 0 bridgehead atoms. The van der Waals surface area contributed by atoms with Crippen molar-refractivity contribution in [1.29, 1.82) is 0 Å². The van der Waals surface area contributed by atoms with Crippen molar-refractivity contribution in [3.63, 3.8) is 0 Å². The number of nitrogens with one attached hydrogen (secondary N) is 1. The number of aryl methyl sites for hydroxylation is 1. The second-order valence-corrected chi connectivity index (χ2v) is 6.05. The van der Waals surface area contributed by atoms with Gasteiger partial charge in [-0.15, -0.1) is 0 Å². The largest absolute Gasteiger partial charge is 0.490 e. The Labute approximate surface area is 168 Å². The van der Waals surface area contributed by atoms with E-state index >= 15 is 0 Å². The smallest absolute Gasteiger partial charge is 0.475 e. The maximum absolute atomic E-state index is 12.2. The highest BCUT2D eigenvalue weighted by Crippen LogP contribution is 2.17. The molecule has 0 aliphatic carbocycles. The van der Waals surface area contributed by atoms with E-state index in [1.165, 1.54) is 0 Å². The average Bonchev–Trinajstić information content (AvgIpc) is 3.32. The number of halogens is 3. The van der Waals surface area contributed by atoms with Crippen molar-refractivity contribution in [3.8, 4) is 11.3 Å². The molecule has 0 fully saturated rings. The number of nitrogens with zero attached hydrogens (tertiary/aromatic N) is 4. The van der Waals surface area contributed by atoms with E-state index in [1.807, 2.05) is 36.7 Å². The molecule has 3 heterocycles. The first-order valence-corrected chi connectivity index (χ1v) is 8.52. The second kappa shape index (κ2) is 9.67. The molecule has 9 nitrogen and oxygen atoms in total. The second-order valence-electron chi connectivity index (χ2n) is 6.05.